The molecule has 0 saturated carbocycles. The largest absolute Gasteiger partial charge is 0.486 e. The van der Waals surface area contributed by atoms with E-state index in [9.17, 15) is 0 Å². The Balaban J connectivity index is 0.000000201. The average molecular weight is 790 g/mol. The zero-order valence-electron chi connectivity index (χ0n) is 27.9. The molecule has 0 aliphatic carbocycles. The van der Waals surface area contributed by atoms with Gasteiger partial charge in [-0.2, -0.15) is 0 Å². The molecule has 0 spiro atoms. The third-order valence-electron chi connectivity index (χ3n) is 7.59. The maximum absolute atomic E-state index is 5.98. The first-order chi connectivity index (χ1) is 20.7. The van der Waals surface area contributed by atoms with E-state index in [1.54, 1.807) is 6.20 Å². The molecule has 0 aliphatic heterocycles. The molecule has 0 bridgehead atoms. The number of hydrogen-bond acceptors (Lipinski definition) is 4. The average Bonchev–Trinajstić information content (AvgIpc) is 3.35. The third kappa shape index (κ3) is 8.24. The van der Waals surface area contributed by atoms with Crippen molar-refractivity contribution >= 4 is 35.3 Å². The Labute approximate surface area is 283 Å². The van der Waals surface area contributed by atoms with Crippen LogP contribution in [-0.2, 0) is 31.9 Å². The molecule has 6 heteroatoms. The van der Waals surface area contributed by atoms with Crippen LogP contribution in [0.3, 0.4) is 0 Å². The predicted molar refractivity (Wildman–Crippen MR) is 187 cm³/mol. The summed E-state index contributed by atoms with van der Waals surface area (Å²) in [6.45, 7) is 20.7. The Morgan fingerprint density at radius 3 is 2.20 bits per heavy atom. The predicted octanol–water partition coefficient (Wildman–Crippen LogP) is 9.82. The van der Waals surface area contributed by atoms with Gasteiger partial charge in [0.2, 0.25) is 5.71 Å². The first-order valence-electron chi connectivity index (χ1n) is 15.3. The smallest absolute Gasteiger partial charge is 0.216 e. The molecule has 0 saturated heterocycles. The number of nitrogens with zero attached hydrogens (tertiary/aromatic N) is 3. The van der Waals surface area contributed by atoms with Gasteiger partial charge in [0.05, 0.1) is 13.7 Å². The Hall–Kier alpha value is -3.44. The van der Waals surface area contributed by atoms with Crippen molar-refractivity contribution in [3.63, 3.8) is 0 Å². The summed E-state index contributed by atoms with van der Waals surface area (Å²) in [5.74, 6) is 0. The van der Waals surface area contributed by atoms with Crippen molar-refractivity contribution in [2.45, 2.75) is 73.0 Å². The standard InChI is InChI=1S/C20H17N2O.C19H26NSi.Ir/c1-20(2,3)13-9-11-21-17(12-13)16-7-4-6-14-15-8-5-10-22-19(15)23-18(14)16;1-19(2,3)13-16-12-17(15-10-8-7-9-11-15)20-14-18(16)21(4,5)6;/h4-6,8-12H,1-3H3;7-10,12,14H,13H2,1-6H3;/q2*-1;. The van der Waals surface area contributed by atoms with Gasteiger partial charge in [-0.3, -0.25) is 0 Å². The fourth-order valence-electron chi connectivity index (χ4n) is 5.39. The van der Waals surface area contributed by atoms with Crippen molar-refractivity contribution in [2.75, 3.05) is 0 Å². The Kier molecular flexibility index (Phi) is 10.3. The molecule has 4 heterocycles. The number of pyridine rings is 3. The summed E-state index contributed by atoms with van der Waals surface area (Å²) in [6.07, 6.45) is 6.80. The fraction of sp³-hybridized carbons (Fsp3) is 0.308. The van der Waals surface area contributed by atoms with E-state index in [0.717, 1.165) is 45.3 Å². The maximum atomic E-state index is 5.98. The Bertz CT molecular complexity index is 1890. The van der Waals surface area contributed by atoms with Crippen molar-refractivity contribution in [1.82, 2.24) is 15.0 Å². The summed E-state index contributed by atoms with van der Waals surface area (Å²) >= 11 is 0. The number of benzene rings is 2. The van der Waals surface area contributed by atoms with Gasteiger partial charge in [0.1, 0.15) is 0 Å². The van der Waals surface area contributed by atoms with E-state index in [2.05, 4.69) is 114 Å². The van der Waals surface area contributed by atoms with Crippen LogP contribution in [0, 0.1) is 17.5 Å². The number of hydrogen-bond donors (Lipinski definition) is 0. The van der Waals surface area contributed by atoms with Crippen LogP contribution >= 0.6 is 0 Å². The molecular weight excluding hydrogens is 747 g/mol. The molecule has 45 heavy (non-hydrogen) atoms. The van der Waals surface area contributed by atoms with Gasteiger partial charge in [0.25, 0.3) is 0 Å². The van der Waals surface area contributed by atoms with Gasteiger partial charge >= 0.3 is 0 Å². The minimum atomic E-state index is -1.37. The molecule has 0 aliphatic rings. The van der Waals surface area contributed by atoms with Crippen LogP contribution in [-0.4, -0.2) is 23.0 Å². The quantitative estimate of drug-likeness (QED) is 0.132. The van der Waals surface area contributed by atoms with E-state index >= 15 is 0 Å². The number of rotatable bonds is 4. The van der Waals surface area contributed by atoms with Gasteiger partial charge in [-0.15, -0.1) is 54.1 Å². The minimum absolute atomic E-state index is 0. The topological polar surface area (TPSA) is 51.8 Å². The fourth-order valence-corrected chi connectivity index (χ4v) is 6.97. The molecule has 0 amide bonds. The second-order valence-electron chi connectivity index (χ2n) is 14.7. The van der Waals surface area contributed by atoms with E-state index in [1.165, 1.54) is 16.3 Å². The van der Waals surface area contributed by atoms with Crippen LogP contribution < -0.4 is 5.19 Å². The Morgan fingerprint density at radius 1 is 0.756 bits per heavy atom. The van der Waals surface area contributed by atoms with E-state index in [-0.39, 0.29) is 30.9 Å². The summed E-state index contributed by atoms with van der Waals surface area (Å²) in [7, 11) is -1.37. The SMILES string of the molecule is CC(C)(C)Cc1cc(-c2[c-]cccc2)ncc1[Si](C)(C)C.CC(C)(C)c1ccnc(-c2[c-]ccc3c2oc2ncccc23)c1.[Ir]. The van der Waals surface area contributed by atoms with Crippen molar-refractivity contribution in [3.05, 3.63) is 109 Å². The summed E-state index contributed by atoms with van der Waals surface area (Å²) in [5.41, 5.74) is 8.37. The number of aromatic nitrogens is 3. The summed E-state index contributed by atoms with van der Waals surface area (Å²) < 4.78 is 5.98. The monoisotopic (exact) mass is 790 g/mol. The Morgan fingerprint density at radius 2 is 1.53 bits per heavy atom. The van der Waals surface area contributed by atoms with Crippen LogP contribution in [0.5, 0.6) is 0 Å². The molecule has 235 valence electrons. The van der Waals surface area contributed by atoms with E-state index < -0.39 is 8.07 Å². The van der Waals surface area contributed by atoms with Crippen LogP contribution in [0.25, 0.3) is 44.6 Å². The molecule has 0 unspecified atom stereocenters. The zero-order chi connectivity index (χ0) is 31.7. The van der Waals surface area contributed by atoms with Crippen molar-refractivity contribution in [2.24, 2.45) is 5.41 Å². The van der Waals surface area contributed by atoms with E-state index in [1.807, 2.05) is 48.7 Å². The third-order valence-corrected chi connectivity index (χ3v) is 9.66. The maximum Gasteiger partial charge on any atom is 0.216 e. The summed E-state index contributed by atoms with van der Waals surface area (Å²) in [6, 6.07) is 29.0. The van der Waals surface area contributed by atoms with Crippen molar-refractivity contribution in [1.29, 1.82) is 0 Å². The minimum Gasteiger partial charge on any atom is -0.486 e. The zero-order valence-corrected chi connectivity index (χ0v) is 31.3. The van der Waals surface area contributed by atoms with E-state index in [0.29, 0.717) is 5.71 Å². The molecule has 4 nitrogen and oxygen atoms in total. The molecule has 2 aromatic carbocycles. The van der Waals surface area contributed by atoms with Gasteiger partial charge in [-0.1, -0.05) is 89.8 Å². The number of furan rings is 1. The second-order valence-corrected chi connectivity index (χ2v) is 19.8. The first-order valence-corrected chi connectivity index (χ1v) is 18.8. The number of fused-ring (bicyclic) bond motifs is 3. The molecule has 0 fully saturated rings. The normalized spacial score (nSPS) is 12.0. The van der Waals surface area contributed by atoms with Crippen molar-refractivity contribution < 1.29 is 24.5 Å². The van der Waals surface area contributed by atoms with Crippen LogP contribution in [0.1, 0.15) is 52.7 Å². The van der Waals surface area contributed by atoms with Crippen LogP contribution in [0.4, 0.5) is 0 Å². The molecular formula is C39H43IrN3OSi-2. The molecule has 4 aromatic heterocycles. The second kappa shape index (κ2) is 13.5. The van der Waals surface area contributed by atoms with Gasteiger partial charge in [0.15, 0.2) is 0 Å². The molecule has 0 N–H and O–H groups in total. The molecule has 1 radical (unpaired) electrons. The summed E-state index contributed by atoms with van der Waals surface area (Å²) in [5, 5.41) is 3.55. The molecule has 6 aromatic rings. The first kappa shape index (κ1) is 34.4. The van der Waals surface area contributed by atoms with Gasteiger partial charge in [-0.25, -0.2) is 4.98 Å². The van der Waals surface area contributed by atoms with Crippen molar-refractivity contribution in [3.8, 4) is 22.5 Å². The summed E-state index contributed by atoms with van der Waals surface area (Å²) in [4.78, 5) is 13.6. The molecule has 6 rings (SSSR count). The van der Waals surface area contributed by atoms with Gasteiger partial charge in [-0.05, 0) is 57.6 Å². The van der Waals surface area contributed by atoms with E-state index in [4.69, 9.17) is 9.40 Å². The van der Waals surface area contributed by atoms with Crippen LogP contribution in [0.15, 0.2) is 89.7 Å². The molecule has 0 atom stereocenters. The van der Waals surface area contributed by atoms with Gasteiger partial charge in [0, 0.05) is 44.1 Å². The van der Waals surface area contributed by atoms with Crippen LogP contribution in [0.2, 0.25) is 19.6 Å². The van der Waals surface area contributed by atoms with Gasteiger partial charge < -0.3 is 14.4 Å².